The number of rotatable bonds is 8. The molecule has 5 rings (SSSR count). The summed E-state index contributed by atoms with van der Waals surface area (Å²) in [6.45, 7) is 8.57. The van der Waals surface area contributed by atoms with Gasteiger partial charge in [0, 0.05) is 36.9 Å². The predicted octanol–water partition coefficient (Wildman–Crippen LogP) is 4.38. The number of aromatic nitrogens is 2. The van der Waals surface area contributed by atoms with Gasteiger partial charge in [-0.2, -0.15) is 0 Å². The lowest BCUT2D eigenvalue weighted by molar-refractivity contribution is 0.0692. The Bertz CT molecular complexity index is 1150. The quantitative estimate of drug-likeness (QED) is 0.485. The van der Waals surface area contributed by atoms with E-state index in [1.807, 2.05) is 17.9 Å². The van der Waals surface area contributed by atoms with Crippen molar-refractivity contribution in [2.75, 3.05) is 18.4 Å². The maximum atomic E-state index is 13.8. The third-order valence-corrected chi connectivity index (χ3v) is 9.09. The van der Waals surface area contributed by atoms with E-state index in [0.29, 0.717) is 16.0 Å². The fourth-order valence-electron chi connectivity index (χ4n) is 5.64. The molecule has 9 heteroatoms. The van der Waals surface area contributed by atoms with Crippen molar-refractivity contribution in [2.24, 2.45) is 5.41 Å². The van der Waals surface area contributed by atoms with Gasteiger partial charge in [-0.25, -0.2) is 9.97 Å². The van der Waals surface area contributed by atoms with E-state index in [-0.39, 0.29) is 35.5 Å². The van der Waals surface area contributed by atoms with Crippen LogP contribution < -0.4 is 10.6 Å². The Labute approximate surface area is 216 Å². The summed E-state index contributed by atoms with van der Waals surface area (Å²) in [7, 11) is 0. The van der Waals surface area contributed by atoms with Crippen LogP contribution in [-0.4, -0.2) is 62.6 Å². The van der Waals surface area contributed by atoms with Gasteiger partial charge in [0.15, 0.2) is 5.01 Å². The third-order valence-electron chi connectivity index (χ3n) is 8.01. The number of thiazole rings is 1. The van der Waals surface area contributed by atoms with E-state index < -0.39 is 5.60 Å². The van der Waals surface area contributed by atoms with E-state index in [1.165, 1.54) is 30.6 Å². The molecule has 2 aliphatic heterocycles. The second kappa shape index (κ2) is 9.41. The number of anilines is 1. The summed E-state index contributed by atoms with van der Waals surface area (Å²) in [6.07, 6.45) is 9.70. The number of amides is 2. The zero-order valence-corrected chi connectivity index (χ0v) is 22.5. The molecular formula is C27H37N5O3S. The van der Waals surface area contributed by atoms with E-state index in [4.69, 9.17) is 0 Å². The molecule has 2 amide bonds. The molecule has 0 aromatic carbocycles. The van der Waals surface area contributed by atoms with Crippen molar-refractivity contribution >= 4 is 29.0 Å². The van der Waals surface area contributed by atoms with Gasteiger partial charge >= 0.3 is 0 Å². The van der Waals surface area contributed by atoms with Crippen molar-refractivity contribution in [2.45, 2.75) is 90.3 Å². The number of fused-ring (bicyclic) bond motifs is 2. The van der Waals surface area contributed by atoms with Crippen LogP contribution in [0.3, 0.4) is 0 Å². The lowest BCUT2D eigenvalue weighted by atomic mass is 9.70. The van der Waals surface area contributed by atoms with E-state index in [1.54, 1.807) is 20.0 Å². The molecule has 194 valence electrons. The smallest absolute Gasteiger partial charge is 0.280 e. The number of aryl methyl sites for hydroxylation is 1. The Kier molecular flexibility index (Phi) is 6.57. The Morgan fingerprint density at radius 3 is 2.44 bits per heavy atom. The summed E-state index contributed by atoms with van der Waals surface area (Å²) in [5, 5.41) is 16.5. The van der Waals surface area contributed by atoms with Gasteiger partial charge in [-0.05, 0) is 76.3 Å². The van der Waals surface area contributed by atoms with Gasteiger partial charge in [0.05, 0.1) is 10.5 Å². The van der Waals surface area contributed by atoms with Crippen LogP contribution in [-0.2, 0) is 0 Å². The maximum absolute atomic E-state index is 13.8. The van der Waals surface area contributed by atoms with Crippen molar-refractivity contribution < 1.29 is 14.7 Å². The molecule has 1 saturated carbocycles. The first kappa shape index (κ1) is 25.1. The first-order chi connectivity index (χ1) is 17.0. The SMILES string of the molecule is Cc1cc(NCC2(C)CCC2)ncc1-c1sc(C(=O)NCC(C)(C)O)nc1C(=O)N1C2CCC1CC2. The average molecular weight is 512 g/mol. The van der Waals surface area contributed by atoms with Crippen LogP contribution in [0.1, 0.15) is 91.6 Å². The van der Waals surface area contributed by atoms with Crippen molar-refractivity contribution in [1.29, 1.82) is 0 Å². The summed E-state index contributed by atoms with van der Waals surface area (Å²) >= 11 is 1.22. The number of hydrogen-bond acceptors (Lipinski definition) is 7. The normalized spacial score (nSPS) is 22.4. The van der Waals surface area contributed by atoms with Crippen molar-refractivity contribution in [3.8, 4) is 10.4 Å². The zero-order chi connectivity index (χ0) is 25.7. The fraction of sp³-hybridized carbons (Fsp3) is 0.630. The first-order valence-corrected chi connectivity index (χ1v) is 13.9. The van der Waals surface area contributed by atoms with Crippen LogP contribution in [0.25, 0.3) is 10.4 Å². The summed E-state index contributed by atoms with van der Waals surface area (Å²) in [5.74, 6) is 0.347. The first-order valence-electron chi connectivity index (χ1n) is 13.1. The molecular weight excluding hydrogens is 474 g/mol. The maximum Gasteiger partial charge on any atom is 0.280 e. The van der Waals surface area contributed by atoms with Crippen molar-refractivity contribution in [1.82, 2.24) is 20.2 Å². The summed E-state index contributed by atoms with van der Waals surface area (Å²) < 4.78 is 0. The van der Waals surface area contributed by atoms with Gasteiger partial charge in [-0.1, -0.05) is 13.3 Å². The largest absolute Gasteiger partial charge is 0.389 e. The second-order valence-corrected chi connectivity index (χ2v) is 12.8. The minimum absolute atomic E-state index is 0.0905. The van der Waals surface area contributed by atoms with E-state index in [9.17, 15) is 14.7 Å². The lowest BCUT2D eigenvalue weighted by Gasteiger charge is -2.38. The Morgan fingerprint density at radius 2 is 1.89 bits per heavy atom. The van der Waals surface area contributed by atoms with E-state index in [0.717, 1.165) is 49.2 Å². The van der Waals surface area contributed by atoms with E-state index >= 15 is 0 Å². The topological polar surface area (TPSA) is 107 Å². The zero-order valence-electron chi connectivity index (χ0n) is 21.7. The van der Waals surface area contributed by atoms with Crippen molar-refractivity contribution in [3.63, 3.8) is 0 Å². The number of carbonyl (C=O) groups is 2. The number of hydrogen-bond donors (Lipinski definition) is 3. The van der Waals surface area contributed by atoms with Gasteiger partial charge in [0.25, 0.3) is 11.8 Å². The minimum atomic E-state index is -1.04. The number of pyridine rings is 1. The standard InChI is InChI=1S/C27H37N5O3S/c1-16-12-20(29-15-27(4)10-5-11-27)28-13-19(16)22-21(25(34)32-17-6-7-18(32)9-8-17)31-24(36-22)23(33)30-14-26(2,3)35/h12-13,17-18,35H,5-11,14-15H2,1-4H3,(H,28,29)(H,30,33). The summed E-state index contributed by atoms with van der Waals surface area (Å²) in [5.41, 5.74) is 1.44. The molecule has 3 N–H and O–H groups in total. The highest BCUT2D eigenvalue weighted by atomic mass is 32.1. The molecule has 2 aromatic heterocycles. The highest BCUT2D eigenvalue weighted by Crippen LogP contribution is 2.42. The molecule has 0 radical (unpaired) electrons. The average Bonchev–Trinajstić information content (AvgIpc) is 3.53. The molecule has 0 spiro atoms. The van der Waals surface area contributed by atoms with Crippen LogP contribution in [0.5, 0.6) is 0 Å². The fourth-order valence-corrected chi connectivity index (χ4v) is 6.68. The molecule has 2 bridgehead atoms. The number of aliphatic hydroxyl groups is 1. The van der Waals surface area contributed by atoms with Crippen LogP contribution >= 0.6 is 11.3 Å². The number of nitrogens with zero attached hydrogens (tertiary/aromatic N) is 3. The van der Waals surface area contributed by atoms with Gasteiger partial charge in [-0.3, -0.25) is 9.59 Å². The van der Waals surface area contributed by atoms with Gasteiger partial charge < -0.3 is 20.6 Å². The van der Waals surface area contributed by atoms with Crippen molar-refractivity contribution in [3.05, 3.63) is 28.5 Å². The Balaban J connectivity index is 1.44. The highest BCUT2D eigenvalue weighted by Gasteiger charge is 2.44. The number of nitrogens with one attached hydrogen (secondary N) is 2. The lowest BCUT2D eigenvalue weighted by Crippen LogP contribution is -2.38. The van der Waals surface area contributed by atoms with Crippen LogP contribution in [0, 0.1) is 12.3 Å². The predicted molar refractivity (Wildman–Crippen MR) is 141 cm³/mol. The number of carbonyl (C=O) groups excluding carboxylic acids is 2. The Hall–Kier alpha value is -2.52. The molecule has 2 saturated heterocycles. The van der Waals surface area contributed by atoms with Gasteiger partial charge in [0.1, 0.15) is 11.5 Å². The minimum Gasteiger partial charge on any atom is -0.389 e. The molecule has 2 aromatic rings. The summed E-state index contributed by atoms with van der Waals surface area (Å²) in [4.78, 5) is 38.5. The molecule has 3 aliphatic rings. The molecule has 1 aliphatic carbocycles. The van der Waals surface area contributed by atoms with Gasteiger partial charge in [0.2, 0.25) is 0 Å². The molecule has 3 fully saturated rings. The Morgan fingerprint density at radius 1 is 1.22 bits per heavy atom. The molecule has 0 atom stereocenters. The van der Waals surface area contributed by atoms with Crippen LogP contribution in [0.15, 0.2) is 12.3 Å². The molecule has 4 heterocycles. The van der Waals surface area contributed by atoms with Crippen LogP contribution in [0.4, 0.5) is 5.82 Å². The van der Waals surface area contributed by atoms with Gasteiger partial charge in [-0.15, -0.1) is 11.3 Å². The summed E-state index contributed by atoms with van der Waals surface area (Å²) in [6, 6.07) is 2.55. The van der Waals surface area contributed by atoms with Crippen LogP contribution in [0.2, 0.25) is 0 Å². The highest BCUT2D eigenvalue weighted by molar-refractivity contribution is 7.17. The third kappa shape index (κ3) is 5.00. The van der Waals surface area contributed by atoms with E-state index in [2.05, 4.69) is 27.5 Å². The molecule has 8 nitrogen and oxygen atoms in total. The molecule has 36 heavy (non-hydrogen) atoms. The second-order valence-electron chi connectivity index (χ2n) is 11.8. The molecule has 0 unspecified atom stereocenters. The monoisotopic (exact) mass is 511 g/mol.